The molecule has 1 saturated carbocycles. The number of hydrogen-bond acceptors (Lipinski definition) is 3. The van der Waals surface area contributed by atoms with Crippen LogP contribution in [-0.4, -0.2) is 19.1 Å². The Bertz CT molecular complexity index is 658. The zero-order valence-corrected chi connectivity index (χ0v) is 11.7. The molecule has 4 aliphatic rings. The van der Waals surface area contributed by atoms with Gasteiger partial charge in [-0.15, -0.1) is 0 Å². The van der Waals surface area contributed by atoms with Gasteiger partial charge in [-0.05, 0) is 30.7 Å². The normalized spacial score (nSPS) is 42.8. The van der Waals surface area contributed by atoms with Gasteiger partial charge in [0, 0.05) is 11.0 Å². The predicted molar refractivity (Wildman–Crippen MR) is 76.4 cm³/mol. The molecule has 4 nitrogen and oxygen atoms in total. The molecule has 21 heavy (non-hydrogen) atoms. The molecule has 2 aliphatic heterocycles. The summed E-state index contributed by atoms with van der Waals surface area (Å²) in [4.78, 5) is 12.4. The van der Waals surface area contributed by atoms with Crippen LogP contribution in [0.15, 0.2) is 36.4 Å². The third kappa shape index (κ3) is 1.39. The third-order valence-corrected chi connectivity index (χ3v) is 5.58. The summed E-state index contributed by atoms with van der Waals surface area (Å²) in [5.41, 5.74) is 1.68. The molecule has 0 aromatic heterocycles. The van der Waals surface area contributed by atoms with Crippen LogP contribution in [-0.2, 0) is 20.1 Å². The van der Waals surface area contributed by atoms with E-state index < -0.39 is 5.79 Å². The minimum absolute atomic E-state index is 0.0719. The van der Waals surface area contributed by atoms with Crippen LogP contribution in [0.5, 0.6) is 0 Å². The molecule has 0 unspecified atom stereocenters. The van der Waals surface area contributed by atoms with E-state index in [1.165, 1.54) is 6.42 Å². The Labute approximate surface area is 123 Å². The highest BCUT2D eigenvalue weighted by molar-refractivity contribution is 6.04. The molecule has 2 aliphatic carbocycles. The van der Waals surface area contributed by atoms with Gasteiger partial charge in [0.15, 0.2) is 0 Å². The highest BCUT2D eigenvalue weighted by Crippen LogP contribution is 2.56. The van der Waals surface area contributed by atoms with Gasteiger partial charge < -0.3 is 14.8 Å². The molecule has 2 fully saturated rings. The van der Waals surface area contributed by atoms with Crippen molar-refractivity contribution in [3.05, 3.63) is 42.0 Å². The molecular weight excluding hydrogens is 266 g/mol. The van der Waals surface area contributed by atoms with Crippen LogP contribution < -0.4 is 5.32 Å². The number of para-hydroxylation sites is 1. The van der Waals surface area contributed by atoms with Crippen LogP contribution in [0.25, 0.3) is 0 Å². The number of anilines is 1. The van der Waals surface area contributed by atoms with E-state index in [9.17, 15) is 4.79 Å². The Morgan fingerprint density at radius 3 is 2.67 bits per heavy atom. The second kappa shape index (κ2) is 3.76. The maximum atomic E-state index is 12.4. The first-order chi connectivity index (χ1) is 10.2. The van der Waals surface area contributed by atoms with E-state index in [-0.39, 0.29) is 11.3 Å². The van der Waals surface area contributed by atoms with Crippen LogP contribution in [0.2, 0.25) is 0 Å². The Hall–Kier alpha value is -1.65. The van der Waals surface area contributed by atoms with Gasteiger partial charge in [0.1, 0.15) is 0 Å². The molecule has 1 aromatic carbocycles. The minimum Gasteiger partial charge on any atom is -0.338 e. The van der Waals surface area contributed by atoms with Crippen molar-refractivity contribution in [2.45, 2.75) is 18.6 Å². The van der Waals surface area contributed by atoms with Gasteiger partial charge in [0.05, 0.1) is 18.9 Å². The standard InChI is InChI=1S/C17H17NO3/c19-15-17(13-3-1-2-4-14(13)18-15)20-9-16(10-21-17)8-11-5-6-12(16)7-11/h1-6,11-12H,7-10H2,(H,18,19)/t11-,12-,16?,17?/m1/s1. The molecule has 2 heterocycles. The number of amides is 1. The van der Waals surface area contributed by atoms with Crippen LogP contribution in [0.3, 0.4) is 0 Å². The van der Waals surface area contributed by atoms with Gasteiger partial charge in [0.2, 0.25) is 0 Å². The van der Waals surface area contributed by atoms with Crippen molar-refractivity contribution in [2.75, 3.05) is 18.5 Å². The van der Waals surface area contributed by atoms with E-state index in [0.717, 1.165) is 17.7 Å². The number of hydrogen-bond donors (Lipinski definition) is 1. The third-order valence-electron chi connectivity index (χ3n) is 5.58. The number of rotatable bonds is 0. The lowest BCUT2D eigenvalue weighted by Gasteiger charge is -2.44. The fraction of sp³-hybridized carbons (Fsp3) is 0.471. The Balaban J connectivity index is 1.49. The Kier molecular flexibility index (Phi) is 2.14. The number of carbonyl (C=O) groups is 1. The van der Waals surface area contributed by atoms with E-state index in [1.54, 1.807) is 0 Å². The lowest BCUT2D eigenvalue weighted by atomic mass is 9.76. The number of benzene rings is 1. The molecule has 1 saturated heterocycles. The van der Waals surface area contributed by atoms with Gasteiger partial charge in [-0.1, -0.05) is 30.4 Å². The number of carbonyl (C=O) groups excluding carboxylic acids is 1. The maximum Gasteiger partial charge on any atom is 0.289 e. The molecule has 2 spiro atoms. The van der Waals surface area contributed by atoms with Crippen molar-refractivity contribution in [2.24, 2.45) is 17.3 Å². The molecule has 2 bridgehead atoms. The SMILES string of the molecule is O=C1Nc2ccccc2C12OCC1(CO2)C[C@@H]2C=C[C@@H]1C2. The van der Waals surface area contributed by atoms with E-state index in [2.05, 4.69) is 17.5 Å². The quantitative estimate of drug-likeness (QED) is 0.744. The topological polar surface area (TPSA) is 47.6 Å². The maximum absolute atomic E-state index is 12.4. The molecule has 1 aromatic rings. The fourth-order valence-corrected chi connectivity index (χ4v) is 4.45. The molecule has 2 atom stereocenters. The molecule has 1 amide bonds. The first kappa shape index (κ1) is 12.0. The average Bonchev–Trinajstić information content (AvgIpc) is 3.16. The molecule has 1 N–H and O–H groups in total. The minimum atomic E-state index is -1.23. The molecule has 0 radical (unpaired) electrons. The lowest BCUT2D eigenvalue weighted by molar-refractivity contribution is -0.294. The monoisotopic (exact) mass is 283 g/mol. The van der Waals surface area contributed by atoms with Crippen LogP contribution >= 0.6 is 0 Å². The molecular formula is C17H17NO3. The van der Waals surface area contributed by atoms with Crippen molar-refractivity contribution in [3.63, 3.8) is 0 Å². The molecule has 4 heteroatoms. The zero-order chi connectivity index (χ0) is 14.1. The second-order valence-corrected chi connectivity index (χ2v) is 6.75. The second-order valence-electron chi connectivity index (χ2n) is 6.75. The fourth-order valence-electron chi connectivity index (χ4n) is 4.45. The summed E-state index contributed by atoms with van der Waals surface area (Å²) in [6.07, 6.45) is 6.95. The lowest BCUT2D eigenvalue weighted by Crippen LogP contribution is -2.52. The van der Waals surface area contributed by atoms with Gasteiger partial charge in [-0.3, -0.25) is 4.79 Å². The Morgan fingerprint density at radius 2 is 1.95 bits per heavy atom. The number of nitrogens with one attached hydrogen (secondary N) is 1. The predicted octanol–water partition coefficient (Wildman–Crippen LogP) is 2.42. The largest absolute Gasteiger partial charge is 0.338 e. The van der Waals surface area contributed by atoms with Crippen LogP contribution in [0, 0.1) is 17.3 Å². The Morgan fingerprint density at radius 1 is 1.14 bits per heavy atom. The highest BCUT2D eigenvalue weighted by Gasteiger charge is 2.59. The van der Waals surface area contributed by atoms with Gasteiger partial charge in [-0.2, -0.15) is 0 Å². The van der Waals surface area contributed by atoms with E-state index in [4.69, 9.17) is 9.47 Å². The summed E-state index contributed by atoms with van der Waals surface area (Å²) in [6, 6.07) is 7.62. The summed E-state index contributed by atoms with van der Waals surface area (Å²) < 4.78 is 12.2. The van der Waals surface area contributed by atoms with Gasteiger partial charge >= 0.3 is 0 Å². The van der Waals surface area contributed by atoms with Crippen molar-refractivity contribution in [1.29, 1.82) is 0 Å². The summed E-state index contributed by atoms with van der Waals surface area (Å²) in [5, 5.41) is 2.87. The summed E-state index contributed by atoms with van der Waals surface area (Å²) in [7, 11) is 0. The van der Waals surface area contributed by atoms with Crippen LogP contribution in [0.1, 0.15) is 18.4 Å². The van der Waals surface area contributed by atoms with Crippen molar-refractivity contribution < 1.29 is 14.3 Å². The first-order valence-electron chi connectivity index (χ1n) is 7.59. The summed E-state index contributed by atoms with van der Waals surface area (Å²) in [5.74, 6) is -0.217. The van der Waals surface area contributed by atoms with Gasteiger partial charge in [0.25, 0.3) is 11.7 Å². The number of ether oxygens (including phenoxy) is 2. The smallest absolute Gasteiger partial charge is 0.289 e. The molecule has 5 rings (SSSR count). The van der Waals surface area contributed by atoms with Gasteiger partial charge in [-0.25, -0.2) is 0 Å². The van der Waals surface area contributed by atoms with E-state index in [1.807, 2.05) is 24.3 Å². The summed E-state index contributed by atoms with van der Waals surface area (Å²) >= 11 is 0. The van der Waals surface area contributed by atoms with E-state index >= 15 is 0 Å². The highest BCUT2D eigenvalue weighted by atomic mass is 16.7. The summed E-state index contributed by atoms with van der Waals surface area (Å²) in [6.45, 7) is 1.19. The molecule has 108 valence electrons. The van der Waals surface area contributed by atoms with Crippen molar-refractivity contribution in [1.82, 2.24) is 0 Å². The van der Waals surface area contributed by atoms with E-state index in [0.29, 0.717) is 25.0 Å². The first-order valence-corrected chi connectivity index (χ1v) is 7.59. The van der Waals surface area contributed by atoms with Crippen LogP contribution in [0.4, 0.5) is 5.69 Å². The van der Waals surface area contributed by atoms with Crippen molar-refractivity contribution >= 4 is 11.6 Å². The number of fused-ring (bicyclic) bond motifs is 5. The average molecular weight is 283 g/mol. The number of allylic oxidation sites excluding steroid dienone is 2. The van der Waals surface area contributed by atoms with Crippen molar-refractivity contribution in [3.8, 4) is 0 Å². The zero-order valence-electron chi connectivity index (χ0n) is 11.7.